The molecule has 0 spiro atoms. The van der Waals surface area contributed by atoms with E-state index in [2.05, 4.69) is 10.0 Å². The molecule has 1 aliphatic rings. The summed E-state index contributed by atoms with van der Waals surface area (Å²) in [6.07, 6.45) is 2.05. The molecule has 0 bridgehead atoms. The molecule has 1 aromatic rings. The molecular formula is C12H17FN2O2S. The van der Waals surface area contributed by atoms with Crippen molar-refractivity contribution in [1.29, 1.82) is 0 Å². The Kier molecular flexibility index (Phi) is 3.99. The monoisotopic (exact) mass is 272 g/mol. The van der Waals surface area contributed by atoms with Gasteiger partial charge in [-0.15, -0.1) is 0 Å². The van der Waals surface area contributed by atoms with Crippen LogP contribution in [0.3, 0.4) is 0 Å². The summed E-state index contributed by atoms with van der Waals surface area (Å²) in [5, 5.41) is 3.21. The first-order valence-corrected chi connectivity index (χ1v) is 7.46. The zero-order chi connectivity index (χ0) is 13.2. The van der Waals surface area contributed by atoms with Crippen LogP contribution >= 0.6 is 0 Å². The van der Waals surface area contributed by atoms with Gasteiger partial charge < -0.3 is 5.32 Å². The molecule has 1 aliphatic heterocycles. The minimum atomic E-state index is -3.54. The van der Waals surface area contributed by atoms with E-state index in [0.29, 0.717) is 12.1 Å². The second-order valence-corrected chi connectivity index (χ2v) is 6.32. The van der Waals surface area contributed by atoms with Gasteiger partial charge in [0.25, 0.3) is 0 Å². The summed E-state index contributed by atoms with van der Waals surface area (Å²) in [5.74, 6) is -0.397. The molecule has 0 aromatic heterocycles. The van der Waals surface area contributed by atoms with Crippen molar-refractivity contribution >= 4 is 10.0 Å². The highest BCUT2D eigenvalue weighted by atomic mass is 32.2. The van der Waals surface area contributed by atoms with Crippen LogP contribution in [0.5, 0.6) is 0 Å². The molecule has 0 saturated carbocycles. The summed E-state index contributed by atoms with van der Waals surface area (Å²) in [6.45, 7) is 2.85. The molecule has 1 fully saturated rings. The summed E-state index contributed by atoms with van der Waals surface area (Å²) in [7, 11) is -3.54. The average Bonchev–Trinajstić information content (AvgIpc) is 2.83. The summed E-state index contributed by atoms with van der Waals surface area (Å²) in [4.78, 5) is 0.111. The van der Waals surface area contributed by atoms with Crippen molar-refractivity contribution in [1.82, 2.24) is 10.0 Å². The zero-order valence-corrected chi connectivity index (χ0v) is 11.1. The molecule has 1 unspecified atom stereocenters. The Labute approximate surface area is 107 Å². The van der Waals surface area contributed by atoms with Crippen LogP contribution in [-0.2, 0) is 10.0 Å². The van der Waals surface area contributed by atoms with E-state index in [1.54, 1.807) is 6.92 Å². The SMILES string of the molecule is Cc1cc(S(=O)(=O)NCC2CCCN2)ccc1F. The molecule has 1 atom stereocenters. The molecule has 4 nitrogen and oxygen atoms in total. The topological polar surface area (TPSA) is 58.2 Å². The first-order chi connectivity index (χ1) is 8.49. The number of benzene rings is 1. The molecule has 2 rings (SSSR count). The Balaban J connectivity index is 2.07. The number of aryl methyl sites for hydroxylation is 1. The Morgan fingerprint density at radius 1 is 1.50 bits per heavy atom. The highest BCUT2D eigenvalue weighted by Crippen LogP contribution is 2.14. The number of sulfonamides is 1. The van der Waals surface area contributed by atoms with Crippen LogP contribution in [0, 0.1) is 12.7 Å². The number of nitrogens with one attached hydrogen (secondary N) is 2. The Morgan fingerprint density at radius 2 is 2.28 bits per heavy atom. The van der Waals surface area contributed by atoms with Gasteiger partial charge >= 0.3 is 0 Å². The van der Waals surface area contributed by atoms with Crippen molar-refractivity contribution < 1.29 is 12.8 Å². The molecule has 0 radical (unpaired) electrons. The Bertz CT molecular complexity index is 525. The van der Waals surface area contributed by atoms with Crippen molar-refractivity contribution in [2.75, 3.05) is 13.1 Å². The second-order valence-electron chi connectivity index (χ2n) is 4.56. The number of hydrogen-bond donors (Lipinski definition) is 2. The van der Waals surface area contributed by atoms with Gasteiger partial charge in [-0.2, -0.15) is 0 Å². The molecule has 1 saturated heterocycles. The number of rotatable bonds is 4. The largest absolute Gasteiger partial charge is 0.313 e. The van der Waals surface area contributed by atoms with Gasteiger partial charge in [-0.1, -0.05) is 0 Å². The molecule has 100 valence electrons. The minimum Gasteiger partial charge on any atom is -0.313 e. The van der Waals surface area contributed by atoms with E-state index in [4.69, 9.17) is 0 Å². The van der Waals surface area contributed by atoms with E-state index < -0.39 is 15.8 Å². The van der Waals surface area contributed by atoms with Crippen molar-refractivity contribution in [3.8, 4) is 0 Å². The van der Waals surface area contributed by atoms with Crippen LogP contribution in [0.1, 0.15) is 18.4 Å². The quantitative estimate of drug-likeness (QED) is 0.865. The predicted octanol–water partition coefficient (Wildman–Crippen LogP) is 1.16. The lowest BCUT2D eigenvalue weighted by molar-refractivity contribution is 0.551. The van der Waals surface area contributed by atoms with Gasteiger partial charge in [0, 0.05) is 12.6 Å². The van der Waals surface area contributed by atoms with Crippen LogP contribution in [0.25, 0.3) is 0 Å². The normalized spacial score (nSPS) is 20.2. The Morgan fingerprint density at radius 3 is 2.89 bits per heavy atom. The average molecular weight is 272 g/mol. The van der Waals surface area contributed by atoms with Crippen LogP contribution in [0.4, 0.5) is 4.39 Å². The lowest BCUT2D eigenvalue weighted by atomic mass is 10.2. The summed E-state index contributed by atoms with van der Waals surface area (Å²) in [6, 6.07) is 4.01. The molecule has 0 amide bonds. The zero-order valence-electron chi connectivity index (χ0n) is 10.2. The molecule has 1 heterocycles. The third kappa shape index (κ3) is 3.07. The van der Waals surface area contributed by atoms with Gasteiger partial charge in [0.1, 0.15) is 5.82 Å². The first kappa shape index (κ1) is 13.5. The van der Waals surface area contributed by atoms with Crippen molar-refractivity contribution in [2.45, 2.75) is 30.7 Å². The van der Waals surface area contributed by atoms with E-state index in [9.17, 15) is 12.8 Å². The fourth-order valence-electron chi connectivity index (χ4n) is 2.01. The minimum absolute atomic E-state index is 0.111. The van der Waals surface area contributed by atoms with Gasteiger partial charge in [-0.25, -0.2) is 17.5 Å². The van der Waals surface area contributed by atoms with Gasteiger partial charge in [-0.3, -0.25) is 0 Å². The Hall–Kier alpha value is -0.980. The van der Waals surface area contributed by atoms with E-state index in [1.807, 2.05) is 0 Å². The van der Waals surface area contributed by atoms with Crippen molar-refractivity contribution in [2.24, 2.45) is 0 Å². The van der Waals surface area contributed by atoms with E-state index in [1.165, 1.54) is 18.2 Å². The molecule has 18 heavy (non-hydrogen) atoms. The summed E-state index contributed by atoms with van der Waals surface area (Å²) in [5.41, 5.74) is 0.330. The van der Waals surface area contributed by atoms with Gasteiger partial charge in [0.05, 0.1) is 4.90 Å². The van der Waals surface area contributed by atoms with E-state index >= 15 is 0 Å². The predicted molar refractivity (Wildman–Crippen MR) is 67.4 cm³/mol. The van der Waals surface area contributed by atoms with Crippen LogP contribution in [0.2, 0.25) is 0 Å². The maximum atomic E-state index is 13.1. The van der Waals surface area contributed by atoms with E-state index in [0.717, 1.165) is 19.4 Å². The van der Waals surface area contributed by atoms with Gasteiger partial charge in [0.2, 0.25) is 10.0 Å². The highest BCUT2D eigenvalue weighted by Gasteiger charge is 2.19. The van der Waals surface area contributed by atoms with Gasteiger partial charge in [-0.05, 0) is 50.1 Å². The van der Waals surface area contributed by atoms with Crippen LogP contribution in [-0.4, -0.2) is 27.5 Å². The number of halogens is 1. The fourth-order valence-corrected chi connectivity index (χ4v) is 3.18. The lowest BCUT2D eigenvalue weighted by Crippen LogP contribution is -2.37. The smallest absolute Gasteiger partial charge is 0.240 e. The van der Waals surface area contributed by atoms with Crippen molar-refractivity contribution in [3.05, 3.63) is 29.6 Å². The van der Waals surface area contributed by atoms with Crippen LogP contribution in [0.15, 0.2) is 23.1 Å². The van der Waals surface area contributed by atoms with Gasteiger partial charge in [0.15, 0.2) is 0 Å². The second kappa shape index (κ2) is 5.34. The lowest BCUT2D eigenvalue weighted by Gasteiger charge is -2.12. The molecule has 2 N–H and O–H groups in total. The third-order valence-corrected chi connectivity index (χ3v) is 4.54. The summed E-state index contributed by atoms with van der Waals surface area (Å²) < 4.78 is 39.6. The van der Waals surface area contributed by atoms with E-state index in [-0.39, 0.29) is 10.9 Å². The molecule has 6 heteroatoms. The maximum absolute atomic E-state index is 13.1. The maximum Gasteiger partial charge on any atom is 0.240 e. The van der Waals surface area contributed by atoms with Crippen molar-refractivity contribution in [3.63, 3.8) is 0 Å². The highest BCUT2D eigenvalue weighted by molar-refractivity contribution is 7.89. The summed E-state index contributed by atoms with van der Waals surface area (Å²) >= 11 is 0. The molecule has 0 aliphatic carbocycles. The standard InChI is InChI=1S/C12H17FN2O2S/c1-9-7-11(4-5-12(9)13)18(16,17)15-8-10-3-2-6-14-10/h4-5,7,10,14-15H,2-3,6,8H2,1H3. The van der Waals surface area contributed by atoms with Crippen LogP contribution < -0.4 is 10.0 Å². The third-order valence-electron chi connectivity index (χ3n) is 3.12. The molecular weight excluding hydrogens is 255 g/mol. The fraction of sp³-hybridized carbons (Fsp3) is 0.500. The molecule has 1 aromatic carbocycles. The number of hydrogen-bond acceptors (Lipinski definition) is 3. The first-order valence-electron chi connectivity index (χ1n) is 5.98.